The first-order valence-corrected chi connectivity index (χ1v) is 6.74. The van der Waals surface area contributed by atoms with E-state index in [1.165, 1.54) is 17.3 Å². The minimum Gasteiger partial charge on any atom is -0.320 e. The van der Waals surface area contributed by atoms with Crippen LogP contribution in [-0.4, -0.2) is 25.7 Å². The number of carbonyl (C=O) groups excluding carboxylic acids is 1. The van der Waals surface area contributed by atoms with Crippen LogP contribution < -0.4 is 5.32 Å². The van der Waals surface area contributed by atoms with Crippen LogP contribution in [0.5, 0.6) is 0 Å². The van der Waals surface area contributed by atoms with E-state index in [2.05, 4.69) is 20.4 Å². The Labute approximate surface area is 134 Å². The number of carbonyl (C=O) groups is 1. The molecule has 0 saturated heterocycles. The van der Waals surface area contributed by atoms with Crippen LogP contribution in [0.25, 0.3) is 5.69 Å². The number of pyridine rings is 1. The van der Waals surface area contributed by atoms with E-state index in [4.69, 9.17) is 0 Å². The molecular formula is C15H10F3N5O. The summed E-state index contributed by atoms with van der Waals surface area (Å²) in [5.41, 5.74) is -0.0328. The van der Waals surface area contributed by atoms with Crippen LogP contribution in [0, 0.1) is 0 Å². The molecule has 0 aliphatic carbocycles. The third kappa shape index (κ3) is 3.24. The number of alkyl halides is 3. The summed E-state index contributed by atoms with van der Waals surface area (Å²) in [5, 5.41) is 6.61. The molecule has 2 aromatic heterocycles. The van der Waals surface area contributed by atoms with Crippen molar-refractivity contribution in [2.24, 2.45) is 0 Å². The molecule has 0 saturated carbocycles. The van der Waals surface area contributed by atoms with Gasteiger partial charge in [-0.05, 0) is 24.3 Å². The number of nitrogens with one attached hydrogen (secondary N) is 1. The zero-order valence-electron chi connectivity index (χ0n) is 12.0. The Kier molecular flexibility index (Phi) is 3.98. The summed E-state index contributed by atoms with van der Waals surface area (Å²) in [6, 6.07) is 8.66. The normalized spacial score (nSPS) is 11.3. The number of para-hydroxylation sites is 2. The predicted molar refractivity (Wildman–Crippen MR) is 78.6 cm³/mol. The number of hydrogen-bond donors (Lipinski definition) is 1. The van der Waals surface area contributed by atoms with Gasteiger partial charge in [-0.1, -0.05) is 12.1 Å². The van der Waals surface area contributed by atoms with Crippen molar-refractivity contribution in [3.05, 3.63) is 66.5 Å². The second-order valence-electron chi connectivity index (χ2n) is 4.74. The van der Waals surface area contributed by atoms with Gasteiger partial charge in [0.15, 0.2) is 0 Å². The summed E-state index contributed by atoms with van der Waals surface area (Å²) in [5.74, 6) is -0.580. The zero-order valence-corrected chi connectivity index (χ0v) is 12.0. The molecule has 3 rings (SSSR count). The summed E-state index contributed by atoms with van der Waals surface area (Å²) in [6.07, 6.45) is -0.853. The van der Waals surface area contributed by atoms with Crippen LogP contribution in [0.15, 0.2) is 55.2 Å². The third-order valence-electron chi connectivity index (χ3n) is 3.13. The van der Waals surface area contributed by atoms with Crippen LogP contribution in [0.1, 0.15) is 16.1 Å². The molecule has 9 heteroatoms. The molecule has 1 aromatic carbocycles. The second-order valence-corrected chi connectivity index (χ2v) is 4.74. The molecule has 0 unspecified atom stereocenters. The topological polar surface area (TPSA) is 72.7 Å². The van der Waals surface area contributed by atoms with Gasteiger partial charge in [0.25, 0.3) is 5.91 Å². The Morgan fingerprint density at radius 1 is 1.12 bits per heavy atom. The molecule has 0 bridgehead atoms. The fourth-order valence-corrected chi connectivity index (χ4v) is 2.00. The molecule has 0 radical (unpaired) electrons. The Balaban J connectivity index is 1.83. The maximum Gasteiger partial charge on any atom is 0.433 e. The highest BCUT2D eigenvalue weighted by molar-refractivity contribution is 6.05. The minimum absolute atomic E-state index is 0.0105. The number of rotatable bonds is 3. The van der Waals surface area contributed by atoms with Gasteiger partial charge in [-0.3, -0.25) is 9.78 Å². The monoisotopic (exact) mass is 333 g/mol. The van der Waals surface area contributed by atoms with Crippen LogP contribution in [-0.2, 0) is 6.18 Å². The average Bonchev–Trinajstić information content (AvgIpc) is 3.09. The quantitative estimate of drug-likeness (QED) is 0.800. The predicted octanol–water partition coefficient (Wildman–Crippen LogP) is 2.93. The van der Waals surface area contributed by atoms with Crippen molar-refractivity contribution < 1.29 is 18.0 Å². The Morgan fingerprint density at radius 2 is 1.92 bits per heavy atom. The van der Waals surface area contributed by atoms with Crippen LogP contribution in [0.4, 0.5) is 18.9 Å². The smallest absolute Gasteiger partial charge is 0.320 e. The van der Waals surface area contributed by atoms with Gasteiger partial charge in [0, 0.05) is 6.20 Å². The van der Waals surface area contributed by atoms with Crippen LogP contribution >= 0.6 is 0 Å². The molecular weight excluding hydrogens is 323 g/mol. The van der Waals surface area contributed by atoms with Gasteiger partial charge < -0.3 is 5.32 Å². The molecule has 0 fully saturated rings. The molecule has 122 valence electrons. The Hall–Kier alpha value is -3.23. The van der Waals surface area contributed by atoms with E-state index < -0.39 is 17.8 Å². The van der Waals surface area contributed by atoms with Gasteiger partial charge in [-0.15, -0.1) is 0 Å². The number of hydrogen-bond acceptors (Lipinski definition) is 4. The molecule has 24 heavy (non-hydrogen) atoms. The van der Waals surface area contributed by atoms with Crippen molar-refractivity contribution in [2.45, 2.75) is 6.18 Å². The molecule has 2 heterocycles. The number of benzene rings is 1. The fraction of sp³-hybridized carbons (Fsp3) is 0.0667. The molecule has 0 spiro atoms. The van der Waals surface area contributed by atoms with E-state index in [1.807, 2.05) is 0 Å². The number of aromatic nitrogens is 4. The van der Waals surface area contributed by atoms with E-state index in [-0.39, 0.29) is 5.56 Å². The van der Waals surface area contributed by atoms with E-state index in [9.17, 15) is 18.0 Å². The van der Waals surface area contributed by atoms with Crippen LogP contribution in [0.3, 0.4) is 0 Å². The lowest BCUT2D eigenvalue weighted by atomic mass is 10.2. The van der Waals surface area contributed by atoms with E-state index in [0.717, 1.165) is 18.3 Å². The van der Waals surface area contributed by atoms with Crippen molar-refractivity contribution in [1.29, 1.82) is 0 Å². The van der Waals surface area contributed by atoms with Crippen molar-refractivity contribution >= 4 is 11.6 Å². The zero-order chi connectivity index (χ0) is 17.2. The van der Waals surface area contributed by atoms with Crippen molar-refractivity contribution in [3.8, 4) is 5.69 Å². The van der Waals surface area contributed by atoms with E-state index >= 15 is 0 Å². The fourth-order valence-electron chi connectivity index (χ4n) is 2.00. The van der Waals surface area contributed by atoms with Gasteiger partial charge in [-0.2, -0.15) is 18.3 Å². The highest BCUT2D eigenvalue weighted by atomic mass is 19.4. The summed E-state index contributed by atoms with van der Waals surface area (Å²) in [4.78, 5) is 19.3. The van der Waals surface area contributed by atoms with Crippen molar-refractivity contribution in [1.82, 2.24) is 19.7 Å². The Morgan fingerprint density at radius 3 is 2.54 bits per heavy atom. The second kappa shape index (κ2) is 6.11. The first-order valence-electron chi connectivity index (χ1n) is 6.74. The third-order valence-corrected chi connectivity index (χ3v) is 3.13. The van der Waals surface area contributed by atoms with Gasteiger partial charge in [0.05, 0.1) is 16.9 Å². The SMILES string of the molecule is O=C(Nc1ccccc1-n1cncn1)c1ccc(C(F)(F)F)nc1. The number of anilines is 1. The average molecular weight is 333 g/mol. The van der Waals surface area contributed by atoms with E-state index in [0.29, 0.717) is 11.4 Å². The van der Waals surface area contributed by atoms with E-state index in [1.54, 1.807) is 24.3 Å². The molecule has 3 aromatic rings. The molecule has 1 amide bonds. The summed E-state index contributed by atoms with van der Waals surface area (Å²) >= 11 is 0. The van der Waals surface area contributed by atoms with Crippen molar-refractivity contribution in [3.63, 3.8) is 0 Å². The van der Waals surface area contributed by atoms with Gasteiger partial charge >= 0.3 is 6.18 Å². The minimum atomic E-state index is -4.55. The standard InChI is InChI=1S/C15H10F3N5O/c16-15(17,18)13-6-5-10(7-20-13)14(24)22-11-3-1-2-4-12(11)23-9-19-8-21-23/h1-9H,(H,22,24). The highest BCUT2D eigenvalue weighted by Gasteiger charge is 2.32. The lowest BCUT2D eigenvalue weighted by Crippen LogP contribution is -2.15. The first-order chi connectivity index (χ1) is 11.4. The molecule has 0 atom stereocenters. The summed E-state index contributed by atoms with van der Waals surface area (Å²) in [7, 11) is 0. The molecule has 1 N–H and O–H groups in total. The molecule has 0 aliphatic heterocycles. The summed E-state index contributed by atoms with van der Waals surface area (Å²) < 4.78 is 39.0. The number of nitrogens with zero attached hydrogens (tertiary/aromatic N) is 4. The maximum absolute atomic E-state index is 12.5. The number of amides is 1. The van der Waals surface area contributed by atoms with Gasteiger partial charge in [0.1, 0.15) is 18.3 Å². The maximum atomic E-state index is 12.5. The van der Waals surface area contributed by atoms with Gasteiger partial charge in [-0.25, -0.2) is 9.67 Å². The van der Waals surface area contributed by atoms with Gasteiger partial charge in [0.2, 0.25) is 0 Å². The summed E-state index contributed by atoms with van der Waals surface area (Å²) in [6.45, 7) is 0. The lowest BCUT2D eigenvalue weighted by Gasteiger charge is -2.11. The number of halogens is 3. The lowest BCUT2D eigenvalue weighted by molar-refractivity contribution is -0.141. The van der Waals surface area contributed by atoms with Crippen LogP contribution in [0.2, 0.25) is 0 Å². The van der Waals surface area contributed by atoms with Crippen molar-refractivity contribution in [2.75, 3.05) is 5.32 Å². The molecule has 0 aliphatic rings. The molecule has 6 nitrogen and oxygen atoms in total. The Bertz CT molecular complexity index is 844. The first kappa shape index (κ1) is 15.7. The largest absolute Gasteiger partial charge is 0.433 e. The highest BCUT2D eigenvalue weighted by Crippen LogP contribution is 2.27.